The maximum absolute atomic E-state index is 13.1. The molecule has 0 bridgehead atoms. The molecule has 1 aliphatic heterocycles. The number of fused-ring (bicyclic) bond motifs is 1. The van der Waals surface area contributed by atoms with Crippen molar-refractivity contribution in [2.45, 2.75) is 18.0 Å². The minimum absolute atomic E-state index is 0.149. The number of thiol groups is 1. The lowest BCUT2D eigenvalue weighted by Gasteiger charge is -2.27. The lowest BCUT2D eigenvalue weighted by Crippen LogP contribution is -2.38. The van der Waals surface area contributed by atoms with E-state index < -0.39 is 5.82 Å². The smallest absolute Gasteiger partial charge is 0.254 e. The monoisotopic (exact) mass is 278 g/mol. The topological polar surface area (TPSA) is 51.0 Å². The molecule has 5 nitrogen and oxygen atoms in total. The molecule has 7 heteroatoms. The zero-order valence-electron chi connectivity index (χ0n) is 9.95. The van der Waals surface area contributed by atoms with Crippen LogP contribution in [0.1, 0.15) is 16.2 Å². The van der Waals surface area contributed by atoms with Crippen molar-refractivity contribution in [2.75, 3.05) is 6.54 Å². The SMILES string of the molecule is O=C(c1ccc(F)c(S)c1)N1CCn2cnnc2C1. The molecule has 1 aromatic carbocycles. The maximum atomic E-state index is 13.1. The van der Waals surface area contributed by atoms with Crippen LogP contribution in [0.15, 0.2) is 29.4 Å². The van der Waals surface area contributed by atoms with Crippen LogP contribution in [0.5, 0.6) is 0 Å². The molecule has 0 saturated carbocycles. The van der Waals surface area contributed by atoms with Gasteiger partial charge in [-0.1, -0.05) is 0 Å². The summed E-state index contributed by atoms with van der Waals surface area (Å²) in [6.07, 6.45) is 1.65. The van der Waals surface area contributed by atoms with Crippen molar-refractivity contribution in [1.29, 1.82) is 0 Å². The summed E-state index contributed by atoms with van der Waals surface area (Å²) < 4.78 is 15.1. The van der Waals surface area contributed by atoms with E-state index in [-0.39, 0.29) is 10.8 Å². The van der Waals surface area contributed by atoms with Crippen molar-refractivity contribution >= 4 is 18.5 Å². The number of carbonyl (C=O) groups excluding carboxylic acids is 1. The van der Waals surface area contributed by atoms with Crippen LogP contribution in [-0.2, 0) is 13.1 Å². The average molecular weight is 278 g/mol. The Bertz CT molecular complexity index is 642. The number of rotatable bonds is 1. The molecule has 3 rings (SSSR count). The van der Waals surface area contributed by atoms with Crippen LogP contribution in [0.3, 0.4) is 0 Å². The van der Waals surface area contributed by atoms with E-state index in [0.717, 1.165) is 5.82 Å². The summed E-state index contributed by atoms with van der Waals surface area (Å²) in [5, 5.41) is 7.77. The van der Waals surface area contributed by atoms with E-state index in [2.05, 4.69) is 22.8 Å². The second-order valence-electron chi connectivity index (χ2n) is 4.33. The van der Waals surface area contributed by atoms with Gasteiger partial charge in [0.1, 0.15) is 12.1 Å². The molecule has 0 fully saturated rings. The molecule has 0 atom stereocenters. The molecule has 2 heterocycles. The summed E-state index contributed by atoms with van der Waals surface area (Å²) in [5.41, 5.74) is 0.430. The minimum Gasteiger partial charge on any atom is -0.329 e. The first-order chi connectivity index (χ1) is 9.15. The van der Waals surface area contributed by atoms with Gasteiger partial charge in [0.2, 0.25) is 0 Å². The first-order valence-electron chi connectivity index (χ1n) is 5.79. The van der Waals surface area contributed by atoms with Crippen molar-refractivity contribution in [3.8, 4) is 0 Å². The molecule has 1 aliphatic rings. The Balaban J connectivity index is 1.83. The molecular formula is C12H11FN4OS. The Morgan fingerprint density at radius 3 is 3.00 bits per heavy atom. The molecule has 1 aromatic heterocycles. The Morgan fingerprint density at radius 2 is 2.21 bits per heavy atom. The largest absolute Gasteiger partial charge is 0.329 e. The molecule has 0 N–H and O–H groups in total. The summed E-state index contributed by atoms with van der Waals surface area (Å²) >= 11 is 3.99. The second kappa shape index (κ2) is 4.65. The van der Waals surface area contributed by atoms with Gasteiger partial charge in [-0.2, -0.15) is 0 Å². The fourth-order valence-corrected chi connectivity index (χ4v) is 2.28. The van der Waals surface area contributed by atoms with Crippen LogP contribution in [0.25, 0.3) is 0 Å². The highest BCUT2D eigenvalue weighted by Crippen LogP contribution is 2.18. The van der Waals surface area contributed by atoms with Crippen LogP contribution >= 0.6 is 12.6 Å². The van der Waals surface area contributed by atoms with Crippen LogP contribution in [-0.4, -0.2) is 32.1 Å². The van der Waals surface area contributed by atoms with Crippen LogP contribution in [0.2, 0.25) is 0 Å². The van der Waals surface area contributed by atoms with E-state index in [0.29, 0.717) is 25.2 Å². The number of benzene rings is 1. The summed E-state index contributed by atoms with van der Waals surface area (Å²) in [5.74, 6) is 0.177. The number of hydrogen-bond donors (Lipinski definition) is 1. The third-order valence-corrected chi connectivity index (χ3v) is 3.46. The van der Waals surface area contributed by atoms with Gasteiger partial charge < -0.3 is 9.47 Å². The van der Waals surface area contributed by atoms with Crippen molar-refractivity contribution in [3.63, 3.8) is 0 Å². The fraction of sp³-hybridized carbons (Fsp3) is 0.250. The summed E-state index contributed by atoms with van der Waals surface area (Å²) in [6.45, 7) is 1.67. The molecule has 0 saturated heterocycles. The van der Waals surface area contributed by atoms with E-state index in [9.17, 15) is 9.18 Å². The number of nitrogens with zero attached hydrogens (tertiary/aromatic N) is 4. The van der Waals surface area contributed by atoms with E-state index in [1.165, 1.54) is 18.2 Å². The fourth-order valence-electron chi connectivity index (χ4n) is 2.07. The van der Waals surface area contributed by atoms with Crippen molar-refractivity contribution in [2.24, 2.45) is 0 Å². The van der Waals surface area contributed by atoms with Crippen LogP contribution in [0.4, 0.5) is 4.39 Å². The van der Waals surface area contributed by atoms with Gasteiger partial charge in [0.05, 0.1) is 6.54 Å². The molecule has 0 unspecified atom stereocenters. The summed E-state index contributed by atoms with van der Waals surface area (Å²) in [7, 11) is 0. The highest BCUT2D eigenvalue weighted by molar-refractivity contribution is 7.80. The lowest BCUT2D eigenvalue weighted by atomic mass is 10.2. The number of carbonyl (C=O) groups is 1. The minimum atomic E-state index is -0.432. The third-order valence-electron chi connectivity index (χ3n) is 3.12. The quantitative estimate of drug-likeness (QED) is 0.801. The van der Waals surface area contributed by atoms with Crippen molar-refractivity contribution < 1.29 is 9.18 Å². The predicted octanol–water partition coefficient (Wildman–Crippen LogP) is 1.36. The van der Waals surface area contributed by atoms with Crippen molar-refractivity contribution in [1.82, 2.24) is 19.7 Å². The Kier molecular flexibility index (Phi) is 2.98. The second-order valence-corrected chi connectivity index (χ2v) is 4.82. The molecule has 2 aromatic rings. The van der Waals surface area contributed by atoms with Gasteiger partial charge in [0, 0.05) is 23.5 Å². The molecule has 98 valence electrons. The van der Waals surface area contributed by atoms with Gasteiger partial charge in [-0.05, 0) is 18.2 Å². The molecule has 19 heavy (non-hydrogen) atoms. The number of amides is 1. The van der Waals surface area contributed by atoms with Gasteiger partial charge >= 0.3 is 0 Å². The van der Waals surface area contributed by atoms with Gasteiger partial charge in [0.15, 0.2) is 5.82 Å². The molecule has 1 amide bonds. The van der Waals surface area contributed by atoms with E-state index in [1.807, 2.05) is 4.57 Å². The lowest BCUT2D eigenvalue weighted by molar-refractivity contribution is 0.0707. The number of aromatic nitrogens is 3. The Hall–Kier alpha value is -1.89. The number of halogens is 1. The van der Waals surface area contributed by atoms with Gasteiger partial charge in [0.25, 0.3) is 5.91 Å². The third kappa shape index (κ3) is 2.21. The summed E-state index contributed by atoms with van der Waals surface area (Å²) in [6, 6.07) is 4.17. The highest BCUT2D eigenvalue weighted by atomic mass is 32.1. The zero-order valence-corrected chi connectivity index (χ0v) is 10.8. The highest BCUT2D eigenvalue weighted by Gasteiger charge is 2.23. The standard InChI is InChI=1S/C12H11FN4OS/c13-9-2-1-8(5-10(9)19)12(18)16-3-4-17-7-14-15-11(17)6-16/h1-2,5,7,19H,3-4,6H2. The Labute approximate surface area is 114 Å². The first kappa shape index (κ1) is 12.2. The first-order valence-corrected chi connectivity index (χ1v) is 6.24. The van der Waals surface area contributed by atoms with Crippen LogP contribution in [0, 0.1) is 5.82 Å². The predicted molar refractivity (Wildman–Crippen MR) is 68.4 cm³/mol. The molecule has 0 spiro atoms. The van der Waals surface area contributed by atoms with Gasteiger partial charge in [-0.25, -0.2) is 4.39 Å². The Morgan fingerprint density at radius 1 is 1.37 bits per heavy atom. The summed E-state index contributed by atoms with van der Waals surface area (Å²) in [4.78, 5) is 14.2. The van der Waals surface area contributed by atoms with Crippen LogP contribution < -0.4 is 0 Å². The maximum Gasteiger partial charge on any atom is 0.254 e. The van der Waals surface area contributed by atoms with Gasteiger partial charge in [-0.15, -0.1) is 22.8 Å². The van der Waals surface area contributed by atoms with Crippen molar-refractivity contribution in [3.05, 3.63) is 41.7 Å². The molecular weight excluding hydrogens is 267 g/mol. The van der Waals surface area contributed by atoms with E-state index >= 15 is 0 Å². The van der Waals surface area contributed by atoms with Gasteiger partial charge in [-0.3, -0.25) is 4.79 Å². The van der Waals surface area contributed by atoms with E-state index in [4.69, 9.17) is 0 Å². The molecule has 0 aliphatic carbocycles. The molecule has 0 radical (unpaired) electrons. The van der Waals surface area contributed by atoms with E-state index in [1.54, 1.807) is 11.2 Å². The number of hydrogen-bond acceptors (Lipinski definition) is 4. The average Bonchev–Trinajstić information content (AvgIpc) is 2.88. The normalized spacial score (nSPS) is 14.3. The zero-order chi connectivity index (χ0) is 13.4.